The number of carboxylic acid groups (broad SMARTS) is 1. The molecule has 0 bridgehead atoms. The fourth-order valence-electron chi connectivity index (χ4n) is 1.29. The highest BCUT2D eigenvalue weighted by Crippen LogP contribution is 2.19. The quantitative estimate of drug-likeness (QED) is 0.785. The average molecular weight is 227 g/mol. The Kier molecular flexibility index (Phi) is 2.63. The number of hydrogen-bond acceptors (Lipinski definition) is 5. The van der Waals surface area contributed by atoms with E-state index < -0.39 is 11.9 Å². The third kappa shape index (κ3) is 1.96. The van der Waals surface area contributed by atoms with E-state index in [0.717, 1.165) is 30.8 Å². The molecule has 0 saturated heterocycles. The van der Waals surface area contributed by atoms with E-state index in [1.54, 1.807) is 0 Å². The molecule has 1 saturated carbocycles. The normalized spacial score (nSPS) is 15.7. The molecule has 7 heteroatoms. The molecule has 1 aliphatic rings. The zero-order valence-electron chi connectivity index (χ0n) is 7.77. The van der Waals surface area contributed by atoms with Gasteiger partial charge in [-0.3, -0.25) is 4.79 Å². The van der Waals surface area contributed by atoms with E-state index in [1.807, 2.05) is 0 Å². The Balaban J connectivity index is 2.10. The van der Waals surface area contributed by atoms with Crippen molar-refractivity contribution in [2.24, 2.45) is 0 Å². The Morgan fingerprint density at radius 3 is 2.73 bits per heavy atom. The molecule has 80 valence electrons. The number of nitrogens with zero attached hydrogens (tertiary/aromatic N) is 2. The first-order chi connectivity index (χ1) is 7.18. The number of hydrogen-bond donors (Lipinski definition) is 2. The van der Waals surface area contributed by atoms with E-state index in [9.17, 15) is 9.59 Å². The first kappa shape index (κ1) is 10.0. The average Bonchev–Trinajstić information content (AvgIpc) is 2.59. The fraction of sp³-hybridized carbons (Fsp3) is 0.500. The molecule has 0 aliphatic heterocycles. The van der Waals surface area contributed by atoms with Crippen LogP contribution in [-0.4, -0.2) is 32.6 Å². The van der Waals surface area contributed by atoms with Gasteiger partial charge in [-0.25, -0.2) is 4.79 Å². The summed E-state index contributed by atoms with van der Waals surface area (Å²) in [6.45, 7) is 0. The second-order valence-corrected chi connectivity index (χ2v) is 4.11. The Labute approximate surface area is 89.5 Å². The summed E-state index contributed by atoms with van der Waals surface area (Å²) >= 11 is 0.717. The van der Waals surface area contributed by atoms with Gasteiger partial charge in [-0.15, -0.1) is 5.10 Å². The third-order valence-corrected chi connectivity index (χ3v) is 3.05. The van der Waals surface area contributed by atoms with E-state index in [1.165, 1.54) is 0 Å². The smallest absolute Gasteiger partial charge is 0.350 e. The molecule has 1 fully saturated rings. The molecule has 0 atom stereocenters. The van der Waals surface area contributed by atoms with Crippen LogP contribution in [0.15, 0.2) is 0 Å². The summed E-state index contributed by atoms with van der Waals surface area (Å²) in [5.41, 5.74) is -0.0839. The van der Waals surface area contributed by atoms with Gasteiger partial charge >= 0.3 is 5.97 Å². The van der Waals surface area contributed by atoms with E-state index >= 15 is 0 Å². The van der Waals surface area contributed by atoms with Crippen LogP contribution in [0.3, 0.4) is 0 Å². The Bertz CT molecular complexity index is 400. The van der Waals surface area contributed by atoms with Gasteiger partial charge in [0, 0.05) is 6.04 Å². The molecule has 1 aromatic rings. The van der Waals surface area contributed by atoms with Gasteiger partial charge in [-0.2, -0.15) is 0 Å². The number of nitrogens with one attached hydrogen (secondary N) is 1. The Morgan fingerprint density at radius 1 is 1.47 bits per heavy atom. The zero-order chi connectivity index (χ0) is 10.8. The number of carbonyl (C=O) groups excluding carboxylic acids is 1. The first-order valence-electron chi connectivity index (χ1n) is 4.55. The second-order valence-electron chi connectivity index (χ2n) is 3.36. The summed E-state index contributed by atoms with van der Waals surface area (Å²) in [5, 5.41) is 15.0. The number of amides is 1. The van der Waals surface area contributed by atoms with Gasteiger partial charge < -0.3 is 10.4 Å². The maximum atomic E-state index is 11.6. The van der Waals surface area contributed by atoms with Crippen LogP contribution in [0.2, 0.25) is 0 Å². The van der Waals surface area contributed by atoms with Crippen molar-refractivity contribution >= 4 is 23.4 Å². The Hall–Kier alpha value is -1.50. The van der Waals surface area contributed by atoms with Crippen LogP contribution in [0.25, 0.3) is 0 Å². The van der Waals surface area contributed by atoms with Crippen LogP contribution in [-0.2, 0) is 0 Å². The van der Waals surface area contributed by atoms with E-state index in [4.69, 9.17) is 5.11 Å². The maximum absolute atomic E-state index is 11.6. The van der Waals surface area contributed by atoms with E-state index in [0.29, 0.717) is 0 Å². The molecular formula is C8H9N3O3S. The van der Waals surface area contributed by atoms with Crippen LogP contribution in [0.5, 0.6) is 0 Å². The number of carboxylic acids is 1. The molecule has 15 heavy (non-hydrogen) atoms. The van der Waals surface area contributed by atoms with E-state index in [2.05, 4.69) is 14.9 Å². The van der Waals surface area contributed by atoms with Gasteiger partial charge in [-0.05, 0) is 30.8 Å². The zero-order valence-corrected chi connectivity index (χ0v) is 8.58. The summed E-state index contributed by atoms with van der Waals surface area (Å²) in [6.07, 6.45) is 3.00. The van der Waals surface area contributed by atoms with Crippen molar-refractivity contribution in [1.82, 2.24) is 14.9 Å². The highest BCUT2D eigenvalue weighted by atomic mass is 32.1. The van der Waals surface area contributed by atoms with Crippen molar-refractivity contribution in [2.45, 2.75) is 25.3 Å². The molecule has 2 rings (SSSR count). The molecule has 0 spiro atoms. The predicted molar refractivity (Wildman–Crippen MR) is 52.0 cm³/mol. The van der Waals surface area contributed by atoms with Crippen molar-refractivity contribution in [2.75, 3.05) is 0 Å². The maximum Gasteiger partial charge on any atom is 0.350 e. The lowest BCUT2D eigenvalue weighted by Gasteiger charge is -2.25. The molecule has 1 heterocycles. The SMILES string of the molecule is O=C(NC1CCC1)c1nnsc1C(=O)O. The molecule has 0 unspecified atom stereocenters. The summed E-state index contributed by atoms with van der Waals surface area (Å²) in [4.78, 5) is 22.2. The number of aromatic carboxylic acids is 1. The van der Waals surface area contributed by atoms with Gasteiger partial charge in [0.1, 0.15) is 0 Å². The third-order valence-electron chi connectivity index (χ3n) is 2.34. The van der Waals surface area contributed by atoms with Gasteiger partial charge in [0.25, 0.3) is 5.91 Å². The Morgan fingerprint density at radius 2 is 2.20 bits per heavy atom. The number of rotatable bonds is 3. The molecular weight excluding hydrogens is 218 g/mol. The molecule has 6 nitrogen and oxygen atoms in total. The monoisotopic (exact) mass is 227 g/mol. The molecule has 1 aliphatic carbocycles. The first-order valence-corrected chi connectivity index (χ1v) is 5.32. The largest absolute Gasteiger partial charge is 0.477 e. The summed E-state index contributed by atoms with van der Waals surface area (Å²) < 4.78 is 3.47. The molecule has 0 aromatic carbocycles. The van der Waals surface area contributed by atoms with Crippen molar-refractivity contribution in [3.63, 3.8) is 0 Å². The van der Waals surface area contributed by atoms with Crippen molar-refractivity contribution in [3.8, 4) is 0 Å². The van der Waals surface area contributed by atoms with Crippen LogP contribution in [0.4, 0.5) is 0 Å². The number of carbonyl (C=O) groups is 2. The van der Waals surface area contributed by atoms with Gasteiger partial charge in [0.15, 0.2) is 10.6 Å². The fourth-order valence-corrected chi connectivity index (χ4v) is 1.79. The van der Waals surface area contributed by atoms with E-state index in [-0.39, 0.29) is 16.6 Å². The minimum Gasteiger partial charge on any atom is -0.477 e. The topological polar surface area (TPSA) is 92.2 Å². The summed E-state index contributed by atoms with van der Waals surface area (Å²) in [5.74, 6) is -1.60. The lowest BCUT2D eigenvalue weighted by Crippen LogP contribution is -2.40. The van der Waals surface area contributed by atoms with Gasteiger partial charge in [0.2, 0.25) is 0 Å². The lowest BCUT2D eigenvalue weighted by molar-refractivity contribution is 0.0694. The standard InChI is InChI=1S/C8H9N3O3S/c12-7(9-4-2-1-3-4)5-6(8(13)14)15-11-10-5/h4H,1-3H2,(H,9,12)(H,13,14). The van der Waals surface area contributed by atoms with Crippen LogP contribution in [0.1, 0.15) is 39.4 Å². The number of aromatic nitrogens is 2. The van der Waals surface area contributed by atoms with Crippen molar-refractivity contribution in [3.05, 3.63) is 10.6 Å². The summed E-state index contributed by atoms with van der Waals surface area (Å²) in [6, 6.07) is 0.167. The van der Waals surface area contributed by atoms with Gasteiger partial charge in [-0.1, -0.05) is 4.49 Å². The highest BCUT2D eigenvalue weighted by Gasteiger charge is 2.25. The highest BCUT2D eigenvalue weighted by molar-refractivity contribution is 7.08. The minimum atomic E-state index is -1.16. The molecule has 2 N–H and O–H groups in total. The van der Waals surface area contributed by atoms with Crippen LogP contribution in [0, 0.1) is 0 Å². The predicted octanol–water partition coefficient (Wildman–Crippen LogP) is 0.519. The second kappa shape index (κ2) is 3.93. The van der Waals surface area contributed by atoms with Crippen LogP contribution >= 0.6 is 11.5 Å². The van der Waals surface area contributed by atoms with Crippen molar-refractivity contribution in [1.29, 1.82) is 0 Å². The molecule has 1 aromatic heterocycles. The lowest BCUT2D eigenvalue weighted by atomic mass is 9.93. The minimum absolute atomic E-state index is 0.0839. The van der Waals surface area contributed by atoms with Gasteiger partial charge in [0.05, 0.1) is 0 Å². The summed E-state index contributed by atoms with van der Waals surface area (Å²) in [7, 11) is 0. The molecule has 0 radical (unpaired) electrons. The van der Waals surface area contributed by atoms with Crippen molar-refractivity contribution < 1.29 is 14.7 Å². The molecule has 1 amide bonds. The van der Waals surface area contributed by atoms with Crippen LogP contribution < -0.4 is 5.32 Å².